The minimum Gasteiger partial charge on any atom is -0.393 e. The Labute approximate surface area is 148 Å². The van der Waals surface area contributed by atoms with Gasteiger partial charge in [0.15, 0.2) is 0 Å². The highest BCUT2D eigenvalue weighted by Gasteiger charge is 2.40. The number of aliphatic hydroxyl groups is 1. The molecule has 7 heteroatoms. The fourth-order valence-electron chi connectivity index (χ4n) is 4.63. The van der Waals surface area contributed by atoms with Gasteiger partial charge in [0.05, 0.1) is 31.9 Å². The van der Waals surface area contributed by atoms with Crippen molar-refractivity contribution in [3.63, 3.8) is 0 Å². The predicted octanol–water partition coefficient (Wildman–Crippen LogP) is 1.74. The summed E-state index contributed by atoms with van der Waals surface area (Å²) in [6.07, 6.45) is 2.48. The highest BCUT2D eigenvalue weighted by Crippen LogP contribution is 2.32. The standard InChI is InChI=1S/C18H30F2N2O3/c19-17(20)11-21-7-5-13(6-8-21)18(24)22-9-10-25-12-15(22)14-3-1-2-4-16(14)23/h13-17,23H,1-12H2. The Morgan fingerprint density at radius 2 is 1.84 bits per heavy atom. The minimum atomic E-state index is -2.32. The summed E-state index contributed by atoms with van der Waals surface area (Å²) in [4.78, 5) is 16.7. The predicted molar refractivity (Wildman–Crippen MR) is 89.5 cm³/mol. The van der Waals surface area contributed by atoms with Crippen molar-refractivity contribution in [2.45, 2.75) is 57.1 Å². The SMILES string of the molecule is O=C(C1CCN(CC(F)F)CC1)N1CCOCC1C1CCCCC1O. The van der Waals surface area contributed by atoms with Crippen LogP contribution in [0.3, 0.4) is 0 Å². The zero-order valence-electron chi connectivity index (χ0n) is 14.8. The first-order valence-corrected chi connectivity index (χ1v) is 9.63. The highest BCUT2D eigenvalue weighted by molar-refractivity contribution is 5.79. The van der Waals surface area contributed by atoms with E-state index in [-0.39, 0.29) is 36.4 Å². The van der Waals surface area contributed by atoms with Gasteiger partial charge in [-0.15, -0.1) is 0 Å². The largest absolute Gasteiger partial charge is 0.393 e. The number of carbonyl (C=O) groups is 1. The van der Waals surface area contributed by atoms with Crippen LogP contribution in [0.5, 0.6) is 0 Å². The first kappa shape index (κ1) is 19.0. The van der Waals surface area contributed by atoms with Gasteiger partial charge in [-0.05, 0) is 38.8 Å². The number of aliphatic hydroxyl groups excluding tert-OH is 1. The fourth-order valence-corrected chi connectivity index (χ4v) is 4.63. The highest BCUT2D eigenvalue weighted by atomic mass is 19.3. The van der Waals surface area contributed by atoms with Crippen LogP contribution in [0.25, 0.3) is 0 Å². The molecular weight excluding hydrogens is 330 g/mol. The molecule has 2 saturated heterocycles. The number of alkyl halides is 2. The smallest absolute Gasteiger partial charge is 0.251 e. The molecule has 25 heavy (non-hydrogen) atoms. The molecule has 3 atom stereocenters. The number of carbonyl (C=O) groups excluding carboxylic acids is 1. The van der Waals surface area contributed by atoms with E-state index in [1.54, 1.807) is 4.90 Å². The van der Waals surface area contributed by atoms with Crippen molar-refractivity contribution < 1.29 is 23.4 Å². The van der Waals surface area contributed by atoms with E-state index >= 15 is 0 Å². The van der Waals surface area contributed by atoms with Crippen LogP contribution >= 0.6 is 0 Å². The summed E-state index contributed by atoms with van der Waals surface area (Å²) >= 11 is 0. The molecular formula is C18H30F2N2O3. The zero-order valence-corrected chi connectivity index (χ0v) is 14.8. The van der Waals surface area contributed by atoms with Crippen molar-refractivity contribution in [1.29, 1.82) is 0 Å². The maximum Gasteiger partial charge on any atom is 0.251 e. The molecule has 0 aromatic heterocycles. The molecule has 3 fully saturated rings. The van der Waals surface area contributed by atoms with E-state index in [0.717, 1.165) is 25.7 Å². The van der Waals surface area contributed by atoms with E-state index in [0.29, 0.717) is 45.7 Å². The van der Waals surface area contributed by atoms with Crippen molar-refractivity contribution >= 4 is 5.91 Å². The Hall–Kier alpha value is -0.790. The van der Waals surface area contributed by atoms with Gasteiger partial charge in [0.25, 0.3) is 6.43 Å². The van der Waals surface area contributed by atoms with Gasteiger partial charge in [-0.1, -0.05) is 12.8 Å². The lowest BCUT2D eigenvalue weighted by atomic mass is 9.80. The van der Waals surface area contributed by atoms with E-state index in [2.05, 4.69) is 0 Å². The second kappa shape index (κ2) is 8.73. The summed E-state index contributed by atoms with van der Waals surface area (Å²) in [5.74, 6) is 0.134. The first-order chi connectivity index (χ1) is 12.1. The number of nitrogens with zero attached hydrogens (tertiary/aromatic N) is 2. The first-order valence-electron chi connectivity index (χ1n) is 9.63. The lowest BCUT2D eigenvalue weighted by Crippen LogP contribution is -2.57. The summed E-state index contributed by atoms with van der Waals surface area (Å²) in [6.45, 7) is 2.52. The van der Waals surface area contributed by atoms with Crippen LogP contribution in [0.1, 0.15) is 38.5 Å². The van der Waals surface area contributed by atoms with Crippen LogP contribution in [-0.2, 0) is 9.53 Å². The molecule has 0 aromatic carbocycles. The lowest BCUT2D eigenvalue weighted by Gasteiger charge is -2.45. The molecule has 1 N–H and O–H groups in total. The van der Waals surface area contributed by atoms with Crippen LogP contribution in [-0.4, -0.2) is 78.8 Å². The van der Waals surface area contributed by atoms with Gasteiger partial charge < -0.3 is 14.7 Å². The van der Waals surface area contributed by atoms with Gasteiger partial charge in [-0.3, -0.25) is 9.69 Å². The van der Waals surface area contributed by atoms with Crippen molar-refractivity contribution in [1.82, 2.24) is 9.80 Å². The van der Waals surface area contributed by atoms with Crippen LogP contribution in [0, 0.1) is 11.8 Å². The average Bonchev–Trinajstić information content (AvgIpc) is 2.62. The molecule has 3 unspecified atom stereocenters. The molecule has 0 radical (unpaired) electrons. The number of halogens is 2. The van der Waals surface area contributed by atoms with Crippen LogP contribution < -0.4 is 0 Å². The van der Waals surface area contributed by atoms with Crippen LogP contribution in [0.4, 0.5) is 8.78 Å². The number of morpholine rings is 1. The minimum absolute atomic E-state index is 0.0457. The number of hydrogen-bond acceptors (Lipinski definition) is 4. The summed E-state index contributed by atoms with van der Waals surface area (Å²) in [5, 5.41) is 10.4. The summed E-state index contributed by atoms with van der Waals surface area (Å²) in [5.41, 5.74) is 0. The van der Waals surface area contributed by atoms with Gasteiger partial charge in [-0.25, -0.2) is 8.78 Å². The van der Waals surface area contributed by atoms with Crippen molar-refractivity contribution in [3.8, 4) is 0 Å². The van der Waals surface area contributed by atoms with Gasteiger partial charge in [0.1, 0.15) is 0 Å². The van der Waals surface area contributed by atoms with Crippen molar-refractivity contribution in [3.05, 3.63) is 0 Å². The molecule has 0 bridgehead atoms. The monoisotopic (exact) mass is 360 g/mol. The molecule has 5 nitrogen and oxygen atoms in total. The van der Waals surface area contributed by atoms with E-state index < -0.39 is 6.43 Å². The normalized spacial score (nSPS) is 33.0. The molecule has 3 aliphatic rings. The maximum atomic E-state index is 13.1. The Morgan fingerprint density at radius 3 is 2.52 bits per heavy atom. The van der Waals surface area contributed by atoms with E-state index in [1.807, 2.05) is 4.90 Å². The molecule has 1 aliphatic carbocycles. The van der Waals surface area contributed by atoms with Gasteiger partial charge in [-0.2, -0.15) is 0 Å². The Bertz CT molecular complexity index is 444. The second-order valence-corrected chi connectivity index (χ2v) is 7.66. The molecule has 0 aromatic rings. The summed E-state index contributed by atoms with van der Waals surface area (Å²) < 4.78 is 30.6. The third kappa shape index (κ3) is 4.68. The molecule has 0 spiro atoms. The number of likely N-dealkylation sites (tertiary alicyclic amines) is 1. The third-order valence-corrected chi connectivity index (χ3v) is 6.06. The van der Waals surface area contributed by atoms with Gasteiger partial charge >= 0.3 is 0 Å². The van der Waals surface area contributed by atoms with E-state index in [1.165, 1.54) is 0 Å². The summed E-state index contributed by atoms with van der Waals surface area (Å²) in [7, 11) is 0. The second-order valence-electron chi connectivity index (χ2n) is 7.66. The fraction of sp³-hybridized carbons (Fsp3) is 0.944. The lowest BCUT2D eigenvalue weighted by molar-refractivity contribution is -0.151. The molecule has 2 heterocycles. The Morgan fingerprint density at radius 1 is 1.12 bits per heavy atom. The number of piperidine rings is 1. The van der Waals surface area contributed by atoms with Crippen molar-refractivity contribution in [2.75, 3.05) is 39.4 Å². The molecule has 1 saturated carbocycles. The Balaban J connectivity index is 1.59. The van der Waals surface area contributed by atoms with Crippen molar-refractivity contribution in [2.24, 2.45) is 11.8 Å². The molecule has 2 aliphatic heterocycles. The van der Waals surface area contributed by atoms with Gasteiger partial charge in [0, 0.05) is 18.4 Å². The molecule has 1 amide bonds. The number of ether oxygens (including phenoxy) is 1. The number of hydrogen-bond donors (Lipinski definition) is 1. The topological polar surface area (TPSA) is 53.0 Å². The zero-order chi connectivity index (χ0) is 17.8. The maximum absolute atomic E-state index is 13.1. The quantitative estimate of drug-likeness (QED) is 0.830. The molecule has 3 rings (SSSR count). The van der Waals surface area contributed by atoms with Crippen LogP contribution in [0.15, 0.2) is 0 Å². The Kier molecular flexibility index (Phi) is 6.63. The van der Waals surface area contributed by atoms with E-state index in [4.69, 9.17) is 4.74 Å². The molecule has 144 valence electrons. The number of rotatable bonds is 4. The van der Waals surface area contributed by atoms with Gasteiger partial charge in [0.2, 0.25) is 5.91 Å². The number of amides is 1. The third-order valence-electron chi connectivity index (χ3n) is 6.06. The summed E-state index contributed by atoms with van der Waals surface area (Å²) in [6, 6.07) is -0.0457. The van der Waals surface area contributed by atoms with E-state index in [9.17, 15) is 18.7 Å². The van der Waals surface area contributed by atoms with Crippen LogP contribution in [0.2, 0.25) is 0 Å². The average molecular weight is 360 g/mol.